The SMILES string of the molecule is Cc1ccc(C)c(OC(=O)COc2ccc([N+](=O)[O-])cc2)c1C. The molecule has 0 atom stereocenters. The first-order valence-electron chi connectivity index (χ1n) is 7.03. The first-order chi connectivity index (χ1) is 10.9. The molecule has 120 valence electrons. The Balaban J connectivity index is 1.98. The highest BCUT2D eigenvalue weighted by Crippen LogP contribution is 2.26. The monoisotopic (exact) mass is 315 g/mol. The number of nitrogens with zero attached hydrogens (tertiary/aromatic N) is 1. The number of esters is 1. The van der Waals surface area contributed by atoms with E-state index < -0.39 is 10.9 Å². The fourth-order valence-corrected chi connectivity index (χ4v) is 2.03. The third kappa shape index (κ3) is 4.06. The van der Waals surface area contributed by atoms with Gasteiger partial charge in [-0.3, -0.25) is 10.1 Å². The molecule has 0 radical (unpaired) electrons. The van der Waals surface area contributed by atoms with Crippen LogP contribution in [0.25, 0.3) is 0 Å². The average Bonchev–Trinajstić information content (AvgIpc) is 2.53. The number of nitro benzene ring substituents is 1. The molecule has 6 nitrogen and oxygen atoms in total. The molecule has 0 aliphatic rings. The van der Waals surface area contributed by atoms with Gasteiger partial charge in [0, 0.05) is 12.1 Å². The Kier molecular flexibility index (Phi) is 4.95. The molecule has 0 aromatic heterocycles. The van der Waals surface area contributed by atoms with E-state index in [1.807, 2.05) is 32.9 Å². The molecule has 6 heteroatoms. The van der Waals surface area contributed by atoms with Crippen molar-refractivity contribution in [2.75, 3.05) is 6.61 Å². The maximum Gasteiger partial charge on any atom is 0.349 e. The van der Waals surface area contributed by atoms with Gasteiger partial charge in [-0.2, -0.15) is 0 Å². The molecule has 0 fully saturated rings. The van der Waals surface area contributed by atoms with Crippen LogP contribution in [-0.4, -0.2) is 17.5 Å². The summed E-state index contributed by atoms with van der Waals surface area (Å²) in [6.07, 6.45) is 0. The van der Waals surface area contributed by atoms with Crippen LogP contribution < -0.4 is 9.47 Å². The lowest BCUT2D eigenvalue weighted by molar-refractivity contribution is -0.384. The molecule has 0 amide bonds. The van der Waals surface area contributed by atoms with Crippen LogP contribution in [0, 0.1) is 30.9 Å². The molecule has 0 unspecified atom stereocenters. The molecule has 0 N–H and O–H groups in total. The smallest absolute Gasteiger partial charge is 0.349 e. The minimum absolute atomic E-state index is 0.0362. The van der Waals surface area contributed by atoms with E-state index in [9.17, 15) is 14.9 Å². The first kappa shape index (κ1) is 16.5. The van der Waals surface area contributed by atoms with E-state index in [1.165, 1.54) is 24.3 Å². The molecule has 0 saturated heterocycles. The number of carbonyl (C=O) groups is 1. The van der Waals surface area contributed by atoms with E-state index in [4.69, 9.17) is 9.47 Å². The second-order valence-corrected chi connectivity index (χ2v) is 5.17. The Labute approximate surface area is 133 Å². The van der Waals surface area contributed by atoms with E-state index in [0.29, 0.717) is 11.5 Å². The van der Waals surface area contributed by atoms with Gasteiger partial charge in [0.15, 0.2) is 6.61 Å². The first-order valence-corrected chi connectivity index (χ1v) is 7.03. The number of benzene rings is 2. The van der Waals surface area contributed by atoms with Crippen molar-refractivity contribution >= 4 is 11.7 Å². The normalized spacial score (nSPS) is 10.2. The van der Waals surface area contributed by atoms with Gasteiger partial charge in [0.25, 0.3) is 5.69 Å². The average molecular weight is 315 g/mol. The van der Waals surface area contributed by atoms with Gasteiger partial charge >= 0.3 is 5.97 Å². The summed E-state index contributed by atoms with van der Waals surface area (Å²) in [4.78, 5) is 22.0. The van der Waals surface area contributed by atoms with Gasteiger partial charge in [-0.15, -0.1) is 0 Å². The van der Waals surface area contributed by atoms with E-state index in [0.717, 1.165) is 16.7 Å². The zero-order valence-electron chi connectivity index (χ0n) is 13.2. The molecule has 2 aromatic carbocycles. The number of nitro groups is 1. The molecule has 0 saturated carbocycles. The summed E-state index contributed by atoms with van der Waals surface area (Å²) in [5.41, 5.74) is 2.78. The second kappa shape index (κ2) is 6.91. The van der Waals surface area contributed by atoms with Crippen molar-refractivity contribution in [1.82, 2.24) is 0 Å². The number of aryl methyl sites for hydroxylation is 2. The van der Waals surface area contributed by atoms with Gasteiger partial charge in [0.1, 0.15) is 11.5 Å². The van der Waals surface area contributed by atoms with Crippen molar-refractivity contribution in [1.29, 1.82) is 0 Å². The molecule has 0 bridgehead atoms. The van der Waals surface area contributed by atoms with Crippen LogP contribution in [0.3, 0.4) is 0 Å². The van der Waals surface area contributed by atoms with Crippen molar-refractivity contribution in [2.45, 2.75) is 20.8 Å². The fraction of sp³-hybridized carbons (Fsp3) is 0.235. The summed E-state index contributed by atoms with van der Waals surface area (Å²) in [6, 6.07) is 9.37. The maximum absolute atomic E-state index is 11.9. The summed E-state index contributed by atoms with van der Waals surface area (Å²) in [6.45, 7) is 5.43. The zero-order chi connectivity index (χ0) is 17.0. The van der Waals surface area contributed by atoms with Gasteiger partial charge in [0.05, 0.1) is 4.92 Å². The van der Waals surface area contributed by atoms with Crippen LogP contribution in [0.1, 0.15) is 16.7 Å². The molecule has 2 rings (SSSR count). The van der Waals surface area contributed by atoms with Crippen LogP contribution in [0.2, 0.25) is 0 Å². The quantitative estimate of drug-likeness (QED) is 0.365. The predicted octanol–water partition coefficient (Wildman–Crippen LogP) is 3.50. The molecule has 0 spiro atoms. The van der Waals surface area contributed by atoms with Crippen LogP contribution >= 0.6 is 0 Å². The zero-order valence-corrected chi connectivity index (χ0v) is 13.2. The molecule has 0 aliphatic heterocycles. The maximum atomic E-state index is 11.9. The van der Waals surface area contributed by atoms with Gasteiger partial charge in [-0.1, -0.05) is 12.1 Å². The number of hydrogen-bond donors (Lipinski definition) is 0. The van der Waals surface area contributed by atoms with Gasteiger partial charge in [0.2, 0.25) is 0 Å². The highest BCUT2D eigenvalue weighted by atomic mass is 16.6. The lowest BCUT2D eigenvalue weighted by Crippen LogP contribution is -2.18. The lowest BCUT2D eigenvalue weighted by atomic mass is 10.1. The largest absolute Gasteiger partial charge is 0.482 e. The van der Waals surface area contributed by atoms with Crippen LogP contribution in [0.5, 0.6) is 11.5 Å². The van der Waals surface area contributed by atoms with E-state index in [1.54, 1.807) is 0 Å². The molecule has 23 heavy (non-hydrogen) atoms. The Morgan fingerprint density at radius 2 is 1.65 bits per heavy atom. The third-order valence-corrected chi connectivity index (χ3v) is 3.49. The van der Waals surface area contributed by atoms with Gasteiger partial charge < -0.3 is 9.47 Å². The number of carbonyl (C=O) groups excluding carboxylic acids is 1. The molecule has 0 aliphatic carbocycles. The lowest BCUT2D eigenvalue weighted by Gasteiger charge is -2.12. The summed E-state index contributed by atoms with van der Waals surface area (Å²) in [5.74, 6) is 0.382. The number of ether oxygens (including phenoxy) is 2. The van der Waals surface area contributed by atoms with Crippen molar-refractivity contribution in [3.8, 4) is 11.5 Å². The molecular formula is C17H17NO5. The topological polar surface area (TPSA) is 78.7 Å². The summed E-state index contributed by atoms with van der Waals surface area (Å²) >= 11 is 0. The van der Waals surface area contributed by atoms with E-state index in [-0.39, 0.29) is 12.3 Å². The standard InChI is InChI=1S/C17H17NO5/c1-11-4-5-12(2)17(13(11)3)23-16(19)10-22-15-8-6-14(7-9-15)18(20)21/h4-9H,10H2,1-3H3. The molecule has 2 aromatic rings. The minimum atomic E-state index is -0.528. The Morgan fingerprint density at radius 1 is 1.04 bits per heavy atom. The molecular weight excluding hydrogens is 298 g/mol. The summed E-state index contributed by atoms with van der Waals surface area (Å²) in [5, 5.41) is 10.6. The van der Waals surface area contributed by atoms with Crippen LogP contribution in [0.15, 0.2) is 36.4 Å². The van der Waals surface area contributed by atoms with Crippen LogP contribution in [-0.2, 0) is 4.79 Å². The molecule has 0 heterocycles. The van der Waals surface area contributed by atoms with Crippen molar-refractivity contribution in [3.63, 3.8) is 0 Å². The van der Waals surface area contributed by atoms with Crippen molar-refractivity contribution in [3.05, 3.63) is 63.2 Å². The van der Waals surface area contributed by atoms with E-state index >= 15 is 0 Å². The van der Waals surface area contributed by atoms with Crippen LogP contribution in [0.4, 0.5) is 5.69 Å². The predicted molar refractivity (Wildman–Crippen MR) is 84.9 cm³/mol. The second-order valence-electron chi connectivity index (χ2n) is 5.17. The van der Waals surface area contributed by atoms with Gasteiger partial charge in [-0.25, -0.2) is 4.79 Å². The fourth-order valence-electron chi connectivity index (χ4n) is 2.03. The summed E-state index contributed by atoms with van der Waals surface area (Å²) < 4.78 is 10.7. The van der Waals surface area contributed by atoms with Gasteiger partial charge in [-0.05, 0) is 49.6 Å². The van der Waals surface area contributed by atoms with E-state index in [2.05, 4.69) is 0 Å². The van der Waals surface area contributed by atoms with Crippen molar-refractivity contribution in [2.24, 2.45) is 0 Å². The number of non-ortho nitro benzene ring substituents is 1. The Bertz CT molecular complexity index is 737. The highest BCUT2D eigenvalue weighted by Gasteiger charge is 2.12. The third-order valence-electron chi connectivity index (χ3n) is 3.49. The summed E-state index contributed by atoms with van der Waals surface area (Å²) in [7, 11) is 0. The Morgan fingerprint density at radius 3 is 2.26 bits per heavy atom. The van der Waals surface area contributed by atoms with Crippen molar-refractivity contribution < 1.29 is 19.2 Å². The minimum Gasteiger partial charge on any atom is -0.482 e. The highest BCUT2D eigenvalue weighted by molar-refractivity contribution is 5.75. The Hall–Kier alpha value is -2.89. The number of hydrogen-bond acceptors (Lipinski definition) is 5. The number of rotatable bonds is 5.